The second kappa shape index (κ2) is 5.36. The number of benzene rings is 2. The Kier molecular flexibility index (Phi) is 3.82. The predicted molar refractivity (Wildman–Crippen MR) is 79.0 cm³/mol. The Morgan fingerprint density at radius 2 is 1.89 bits per heavy atom. The monoisotopic (exact) mass is 303 g/mol. The number of aromatic hydroxyl groups is 1. The maximum Gasteiger partial charge on any atom is 0.129 e. The summed E-state index contributed by atoms with van der Waals surface area (Å²) < 4.78 is 0.673. The second-order valence-electron chi connectivity index (χ2n) is 4.26. The van der Waals surface area contributed by atoms with E-state index in [0.29, 0.717) is 4.47 Å². The first-order chi connectivity index (χ1) is 8.56. The molecule has 0 amide bonds. The highest BCUT2D eigenvalue weighted by Crippen LogP contribution is 2.24. The molecule has 0 aliphatic carbocycles. The molecule has 18 heavy (non-hydrogen) atoms. The Labute approximate surface area is 115 Å². The molecule has 0 heterocycles. The first-order valence-corrected chi connectivity index (χ1v) is 6.45. The van der Waals surface area contributed by atoms with Crippen molar-refractivity contribution in [1.29, 1.82) is 0 Å². The van der Waals surface area contributed by atoms with Crippen LogP contribution in [0.2, 0.25) is 0 Å². The molecule has 0 bridgehead atoms. The van der Waals surface area contributed by atoms with Gasteiger partial charge in [-0.15, -0.1) is 0 Å². The van der Waals surface area contributed by atoms with E-state index < -0.39 is 0 Å². The summed E-state index contributed by atoms with van der Waals surface area (Å²) in [5.41, 5.74) is 4.30. The van der Waals surface area contributed by atoms with Gasteiger partial charge in [0.15, 0.2) is 0 Å². The van der Waals surface area contributed by atoms with E-state index >= 15 is 0 Å². The van der Waals surface area contributed by atoms with Gasteiger partial charge in [0.05, 0.1) is 10.2 Å². The Bertz CT molecular complexity index is 605. The Morgan fingerprint density at radius 3 is 2.56 bits per heavy atom. The van der Waals surface area contributed by atoms with Gasteiger partial charge in [0.2, 0.25) is 0 Å². The van der Waals surface area contributed by atoms with Crippen molar-refractivity contribution in [1.82, 2.24) is 0 Å². The third kappa shape index (κ3) is 2.99. The molecule has 1 N–H and O–H groups in total. The lowest BCUT2D eigenvalue weighted by atomic mass is 10.1. The van der Waals surface area contributed by atoms with Gasteiger partial charge in [-0.05, 0) is 65.2 Å². The fraction of sp³-hybridized carbons (Fsp3) is 0.133. The van der Waals surface area contributed by atoms with Crippen LogP contribution in [0, 0.1) is 13.8 Å². The van der Waals surface area contributed by atoms with E-state index in [9.17, 15) is 5.11 Å². The fourth-order valence-corrected chi connectivity index (χ4v) is 2.09. The number of aryl methyl sites for hydroxylation is 2. The van der Waals surface area contributed by atoms with Crippen LogP contribution in [0.1, 0.15) is 16.7 Å². The molecule has 2 rings (SSSR count). The molecule has 0 fully saturated rings. The summed E-state index contributed by atoms with van der Waals surface area (Å²) in [6.07, 6.45) is 1.79. The molecule has 0 atom stereocenters. The van der Waals surface area contributed by atoms with E-state index in [1.807, 2.05) is 31.2 Å². The third-order valence-corrected chi connectivity index (χ3v) is 3.31. The zero-order valence-corrected chi connectivity index (χ0v) is 11.9. The molecule has 0 saturated heterocycles. The van der Waals surface area contributed by atoms with Crippen molar-refractivity contribution in [2.75, 3.05) is 0 Å². The molecule has 3 heteroatoms. The Balaban J connectivity index is 2.27. The Hall–Kier alpha value is -1.61. The quantitative estimate of drug-likeness (QED) is 0.813. The molecule has 92 valence electrons. The van der Waals surface area contributed by atoms with Crippen LogP contribution >= 0.6 is 15.9 Å². The maximum absolute atomic E-state index is 9.41. The van der Waals surface area contributed by atoms with Gasteiger partial charge in [0.1, 0.15) is 5.75 Å². The van der Waals surface area contributed by atoms with E-state index in [0.717, 1.165) is 16.8 Å². The largest absolute Gasteiger partial charge is 0.507 e. The maximum atomic E-state index is 9.41. The fourth-order valence-electron chi connectivity index (χ4n) is 1.70. The van der Waals surface area contributed by atoms with E-state index in [2.05, 4.69) is 33.9 Å². The van der Waals surface area contributed by atoms with Gasteiger partial charge in [-0.3, -0.25) is 4.99 Å². The number of phenols is 1. The minimum atomic E-state index is 0.235. The molecule has 0 aromatic heterocycles. The molecular weight excluding hydrogens is 290 g/mol. The van der Waals surface area contributed by atoms with Crippen LogP contribution in [0.4, 0.5) is 5.69 Å². The van der Waals surface area contributed by atoms with Crippen molar-refractivity contribution in [2.24, 2.45) is 4.99 Å². The first kappa shape index (κ1) is 12.8. The van der Waals surface area contributed by atoms with Crippen molar-refractivity contribution < 1.29 is 5.11 Å². The van der Waals surface area contributed by atoms with Crippen molar-refractivity contribution in [3.05, 3.63) is 57.6 Å². The molecule has 2 aromatic carbocycles. The van der Waals surface area contributed by atoms with Gasteiger partial charge in [0.25, 0.3) is 0 Å². The lowest BCUT2D eigenvalue weighted by molar-refractivity contribution is 0.472. The van der Waals surface area contributed by atoms with Crippen molar-refractivity contribution in [3.8, 4) is 5.75 Å². The number of nitrogens with zero attached hydrogens (tertiary/aromatic N) is 1. The third-order valence-electron chi connectivity index (χ3n) is 2.68. The first-order valence-electron chi connectivity index (χ1n) is 5.66. The molecule has 0 saturated carbocycles. The highest BCUT2D eigenvalue weighted by molar-refractivity contribution is 9.10. The van der Waals surface area contributed by atoms with E-state index in [4.69, 9.17) is 0 Å². The van der Waals surface area contributed by atoms with Crippen LogP contribution < -0.4 is 0 Å². The number of halogens is 1. The highest BCUT2D eigenvalue weighted by Gasteiger charge is 1.98. The van der Waals surface area contributed by atoms with Gasteiger partial charge in [-0.2, -0.15) is 0 Å². The molecule has 2 nitrogen and oxygen atoms in total. The average molecular weight is 304 g/mol. The Morgan fingerprint density at radius 1 is 1.11 bits per heavy atom. The van der Waals surface area contributed by atoms with Crippen molar-refractivity contribution >= 4 is 27.8 Å². The molecule has 2 aromatic rings. The van der Waals surface area contributed by atoms with Crippen LogP contribution in [0.3, 0.4) is 0 Å². The van der Waals surface area contributed by atoms with Crippen LogP contribution in [-0.2, 0) is 0 Å². The summed E-state index contributed by atoms with van der Waals surface area (Å²) in [4.78, 5) is 4.46. The van der Waals surface area contributed by atoms with Gasteiger partial charge < -0.3 is 5.11 Å². The normalized spacial score (nSPS) is 11.1. The van der Waals surface area contributed by atoms with Gasteiger partial charge >= 0.3 is 0 Å². The van der Waals surface area contributed by atoms with Crippen LogP contribution in [0.5, 0.6) is 5.75 Å². The van der Waals surface area contributed by atoms with Gasteiger partial charge in [-0.25, -0.2) is 0 Å². The lowest BCUT2D eigenvalue weighted by Gasteiger charge is -2.02. The number of phenolic OH excluding ortho intramolecular Hbond substituents is 1. The minimum Gasteiger partial charge on any atom is -0.507 e. The summed E-state index contributed by atoms with van der Waals surface area (Å²) in [5.74, 6) is 0.235. The summed E-state index contributed by atoms with van der Waals surface area (Å²) in [7, 11) is 0. The van der Waals surface area contributed by atoms with E-state index in [1.54, 1.807) is 12.3 Å². The summed E-state index contributed by atoms with van der Waals surface area (Å²) in [6, 6.07) is 11.5. The SMILES string of the molecule is Cc1ccc(N=Cc2ccc(O)c(Br)c2)c(C)c1. The molecular formula is C15H14BrNO. The number of hydrogen-bond donors (Lipinski definition) is 1. The van der Waals surface area contributed by atoms with E-state index in [1.165, 1.54) is 5.56 Å². The minimum absolute atomic E-state index is 0.235. The molecule has 0 spiro atoms. The topological polar surface area (TPSA) is 32.6 Å². The zero-order valence-electron chi connectivity index (χ0n) is 10.3. The summed E-state index contributed by atoms with van der Waals surface area (Å²) in [5, 5.41) is 9.41. The molecule has 0 aliphatic rings. The smallest absolute Gasteiger partial charge is 0.129 e. The zero-order chi connectivity index (χ0) is 13.1. The average Bonchev–Trinajstić information content (AvgIpc) is 2.32. The molecule has 0 aliphatic heterocycles. The molecule has 0 radical (unpaired) electrons. The summed E-state index contributed by atoms with van der Waals surface area (Å²) >= 11 is 3.28. The van der Waals surface area contributed by atoms with Gasteiger partial charge in [-0.1, -0.05) is 17.7 Å². The highest BCUT2D eigenvalue weighted by atomic mass is 79.9. The van der Waals surface area contributed by atoms with Crippen molar-refractivity contribution in [2.45, 2.75) is 13.8 Å². The van der Waals surface area contributed by atoms with Crippen LogP contribution in [0.15, 0.2) is 45.9 Å². The standard InChI is InChI=1S/C15H14BrNO/c1-10-3-5-14(11(2)7-10)17-9-12-4-6-15(18)13(16)8-12/h3-9,18H,1-2H3. The number of rotatable bonds is 2. The second-order valence-corrected chi connectivity index (χ2v) is 5.11. The van der Waals surface area contributed by atoms with Crippen LogP contribution in [-0.4, -0.2) is 11.3 Å². The number of hydrogen-bond acceptors (Lipinski definition) is 2. The van der Waals surface area contributed by atoms with Crippen LogP contribution in [0.25, 0.3) is 0 Å². The lowest BCUT2D eigenvalue weighted by Crippen LogP contribution is -1.82. The predicted octanol–water partition coefficient (Wildman–Crippen LogP) is 4.52. The number of aliphatic imine (C=N–C) groups is 1. The van der Waals surface area contributed by atoms with Gasteiger partial charge in [0, 0.05) is 6.21 Å². The van der Waals surface area contributed by atoms with E-state index in [-0.39, 0.29) is 5.75 Å². The van der Waals surface area contributed by atoms with Crippen molar-refractivity contribution in [3.63, 3.8) is 0 Å². The summed E-state index contributed by atoms with van der Waals surface area (Å²) in [6.45, 7) is 4.12. The molecule has 0 unspecified atom stereocenters.